The molecule has 5 fully saturated rings. The molecule has 3 saturated heterocycles. The van der Waals surface area contributed by atoms with E-state index in [0.29, 0.717) is 6.42 Å². The van der Waals surface area contributed by atoms with Gasteiger partial charge >= 0.3 is 179 Å². The van der Waals surface area contributed by atoms with Gasteiger partial charge in [0, 0.05) is 0 Å². The van der Waals surface area contributed by atoms with Crippen molar-refractivity contribution < 1.29 is 28.6 Å². The number of rotatable bonds is 4. The Morgan fingerprint density at radius 1 is 1.26 bits per heavy atom. The molecule has 27 heavy (non-hydrogen) atoms. The van der Waals surface area contributed by atoms with Crippen LogP contribution in [0.15, 0.2) is 0 Å². The van der Waals surface area contributed by atoms with Crippen LogP contribution in [-0.4, -0.2) is 42.8 Å². The molecule has 7 unspecified atom stereocenters. The summed E-state index contributed by atoms with van der Waals surface area (Å²) >= 11 is 0.826. The van der Waals surface area contributed by atoms with Crippen LogP contribution in [0.1, 0.15) is 34.1 Å². The number of nitrogens with one attached hydrogen (secondary N) is 2. The number of hydrogen-bond acceptors (Lipinski definition) is 8. The number of carbonyl (C=O) groups excluding carboxylic acids is 3. The molecule has 2 N–H and O–H groups in total. The second kappa shape index (κ2) is 5.48. The number of fused-ring (bicyclic) bond motifs is 2. The quantitative estimate of drug-likeness (QED) is 0.0941. The number of hydrogen-bond donors (Lipinski definition) is 2. The predicted molar refractivity (Wildman–Crippen MR) is 110 cm³/mol. The van der Waals surface area contributed by atoms with Crippen LogP contribution in [-0.2, 0) is 28.6 Å². The molecule has 5 aliphatic rings. The summed E-state index contributed by atoms with van der Waals surface area (Å²) in [5.74, 6) is -2.44. The average molecular weight is 604 g/mol. The van der Waals surface area contributed by atoms with Crippen LogP contribution in [0.5, 0.6) is 0 Å². The van der Waals surface area contributed by atoms with Crippen molar-refractivity contribution in [3.05, 3.63) is 0 Å². The van der Waals surface area contributed by atoms with Gasteiger partial charge < -0.3 is 0 Å². The van der Waals surface area contributed by atoms with Crippen molar-refractivity contribution in [1.29, 1.82) is 0 Å². The van der Waals surface area contributed by atoms with Gasteiger partial charge in [0.1, 0.15) is 0 Å². The zero-order valence-electron chi connectivity index (χ0n) is 15.4. The molecule has 2 saturated carbocycles. The number of esters is 3. The van der Waals surface area contributed by atoms with Gasteiger partial charge in [-0.25, -0.2) is 0 Å². The van der Waals surface area contributed by atoms with Crippen molar-refractivity contribution in [3.63, 3.8) is 0 Å². The Kier molecular flexibility index (Phi) is 3.81. The van der Waals surface area contributed by atoms with Crippen molar-refractivity contribution in [3.8, 4) is 0 Å². The van der Waals surface area contributed by atoms with Gasteiger partial charge in [-0.3, -0.25) is 0 Å². The SMILES string of the molecule is CC(C)(C)OC(=O)C1C2CC3C(OC(=O)C31)C2OC(=O)C(C)(I)C12NI1N2. The maximum atomic E-state index is 12.9. The molecule has 3 heterocycles. The Bertz CT molecular complexity index is 759. The molecule has 0 aromatic heterocycles. The van der Waals surface area contributed by atoms with E-state index in [-0.39, 0.29) is 27.4 Å². The van der Waals surface area contributed by atoms with Crippen LogP contribution in [0.4, 0.5) is 0 Å². The van der Waals surface area contributed by atoms with Crippen molar-refractivity contribution >= 4 is 60.9 Å². The van der Waals surface area contributed by atoms with E-state index in [4.69, 9.17) is 14.2 Å². The number of ether oxygens (including phenoxy) is 3. The fourth-order valence-electron chi connectivity index (χ4n) is 4.79. The Balaban J connectivity index is 1.37. The molecule has 7 atom stereocenters. The molecule has 0 aromatic rings. The fourth-order valence-corrected chi connectivity index (χ4v) is 12.6. The first kappa shape index (κ1) is 18.8. The van der Waals surface area contributed by atoms with Gasteiger partial charge in [-0.15, -0.1) is 0 Å². The summed E-state index contributed by atoms with van der Waals surface area (Å²) in [5, 5.41) is 0. The number of halogens is 2. The maximum absolute atomic E-state index is 12.9. The van der Waals surface area contributed by atoms with Gasteiger partial charge in [0.05, 0.1) is 0 Å². The molecule has 150 valence electrons. The van der Waals surface area contributed by atoms with Gasteiger partial charge in [-0.2, -0.15) is 0 Å². The van der Waals surface area contributed by atoms with Crippen LogP contribution in [0.2, 0.25) is 0 Å². The third-order valence-electron chi connectivity index (χ3n) is 6.16. The van der Waals surface area contributed by atoms with Crippen LogP contribution in [0, 0.1) is 23.7 Å². The minimum atomic E-state index is -1.31. The van der Waals surface area contributed by atoms with Crippen molar-refractivity contribution in [2.24, 2.45) is 23.7 Å². The Morgan fingerprint density at radius 3 is 2.44 bits per heavy atom. The van der Waals surface area contributed by atoms with Gasteiger partial charge in [0.15, 0.2) is 0 Å². The normalized spacial score (nSPS) is 42.9. The second-order valence-corrected chi connectivity index (χ2v) is 15.5. The van der Waals surface area contributed by atoms with Crippen LogP contribution < -0.4 is 7.06 Å². The molecular weight excluding hydrogens is 582 g/mol. The fraction of sp³-hybridized carbons (Fsp3) is 0.824. The Hall–Kier alpha value is -0.210. The van der Waals surface area contributed by atoms with E-state index in [1.165, 1.54) is 0 Å². The van der Waals surface area contributed by atoms with Gasteiger partial charge in [-0.05, 0) is 0 Å². The molecule has 2 bridgehead atoms. The van der Waals surface area contributed by atoms with Gasteiger partial charge in [-0.1, -0.05) is 0 Å². The van der Waals surface area contributed by atoms with Crippen molar-refractivity contribution in [1.82, 2.24) is 7.06 Å². The van der Waals surface area contributed by atoms with E-state index >= 15 is 0 Å². The summed E-state index contributed by atoms with van der Waals surface area (Å²) in [7, 11) is 0. The van der Waals surface area contributed by atoms with E-state index in [1.54, 1.807) is 20.8 Å². The zero-order valence-corrected chi connectivity index (χ0v) is 19.7. The van der Waals surface area contributed by atoms with E-state index in [1.807, 2.05) is 6.92 Å². The Labute approximate surface area is 178 Å². The van der Waals surface area contributed by atoms with Gasteiger partial charge in [0.25, 0.3) is 0 Å². The monoisotopic (exact) mass is 604 g/mol. The predicted octanol–water partition coefficient (Wildman–Crippen LogP) is 1.44. The first-order valence-corrected chi connectivity index (χ1v) is 13.4. The van der Waals surface area contributed by atoms with Crippen LogP contribution in [0.3, 0.4) is 0 Å². The molecule has 3 aliphatic heterocycles. The molecule has 5 rings (SSSR count). The summed E-state index contributed by atoms with van der Waals surface area (Å²) in [5.41, 5.74) is -0.636. The third-order valence-corrected chi connectivity index (χ3v) is 13.3. The molecule has 0 amide bonds. The average Bonchev–Trinajstić information content (AvgIpc) is 3.28. The van der Waals surface area contributed by atoms with E-state index in [9.17, 15) is 14.4 Å². The molecular formula is C17H22I2N2O6. The summed E-state index contributed by atoms with van der Waals surface area (Å²) in [6.07, 6.45) is -0.358. The number of alkyl halides is 2. The molecule has 0 radical (unpaired) electrons. The van der Waals surface area contributed by atoms with E-state index < -0.39 is 59.4 Å². The van der Waals surface area contributed by atoms with E-state index in [2.05, 4.69) is 29.7 Å². The van der Waals surface area contributed by atoms with Gasteiger partial charge in [0.2, 0.25) is 0 Å². The molecule has 0 spiro atoms. The number of carbonyl (C=O) groups is 3. The minimum absolute atomic E-state index is 0.0714. The molecule has 8 nitrogen and oxygen atoms in total. The molecule has 10 heteroatoms. The first-order chi connectivity index (χ1) is 12.5. The summed E-state index contributed by atoms with van der Waals surface area (Å²) < 4.78 is 22.8. The standard InChI is InChI=1S/C17H22I2N2O6/c1-15(2,3)27-13(23)9-7-5-6-8(9)12(22)25-10(6)11(7)26-14(24)16(4,18)17-19(20-17)21-17/h6-11,20-21H,5H2,1-4H3. The zero-order chi connectivity index (χ0) is 19.5. The molecule has 2 aliphatic carbocycles. The van der Waals surface area contributed by atoms with Crippen molar-refractivity contribution in [2.75, 3.05) is 0 Å². The van der Waals surface area contributed by atoms with Crippen LogP contribution >= 0.6 is 43.0 Å². The molecule has 0 aromatic carbocycles. The summed E-state index contributed by atoms with van der Waals surface area (Å²) in [6.45, 7) is 7.28. The topological polar surface area (TPSA) is 123 Å². The third kappa shape index (κ3) is 2.54. The van der Waals surface area contributed by atoms with Crippen LogP contribution in [0.25, 0.3) is 0 Å². The summed E-state index contributed by atoms with van der Waals surface area (Å²) in [4.78, 5) is 38.1. The summed E-state index contributed by atoms with van der Waals surface area (Å²) in [6, 6.07) is 0. The van der Waals surface area contributed by atoms with Crippen molar-refractivity contribution in [2.45, 2.75) is 59.0 Å². The second-order valence-electron chi connectivity index (χ2n) is 9.05. The first-order valence-electron chi connectivity index (χ1n) is 9.05. The Morgan fingerprint density at radius 2 is 1.89 bits per heavy atom. The van der Waals surface area contributed by atoms with E-state index in [0.717, 1.165) is 0 Å².